The van der Waals surface area contributed by atoms with Gasteiger partial charge in [0.2, 0.25) is 0 Å². The van der Waals surface area contributed by atoms with Crippen molar-refractivity contribution in [2.24, 2.45) is 50.2 Å². The lowest BCUT2D eigenvalue weighted by molar-refractivity contribution is -0.256. The number of fused-ring (bicyclic) bond motifs is 7. The number of carboxylic acid groups (broad SMARTS) is 1. The summed E-state index contributed by atoms with van der Waals surface area (Å²) in [7, 11) is 0. The van der Waals surface area contributed by atoms with Crippen LogP contribution in [0.25, 0.3) is 0 Å². The molecule has 0 saturated heterocycles. The van der Waals surface area contributed by atoms with E-state index < -0.39 is 29.0 Å². The Hall–Kier alpha value is -0.950. The maximum Gasteiger partial charge on any atom is 0.310 e. The van der Waals surface area contributed by atoms with Crippen LogP contribution < -0.4 is 0 Å². The van der Waals surface area contributed by atoms with Crippen LogP contribution in [0, 0.1) is 50.2 Å². The topological polar surface area (TPSA) is 118 Å². The zero-order chi connectivity index (χ0) is 26.5. The normalized spacial score (nSPS) is 51.1. The van der Waals surface area contributed by atoms with Crippen molar-refractivity contribution in [2.75, 3.05) is 13.2 Å². The van der Waals surface area contributed by atoms with Gasteiger partial charge in [-0.15, -0.1) is 0 Å². The Labute approximate surface area is 216 Å². The molecule has 5 aliphatic rings. The van der Waals surface area contributed by atoms with E-state index in [4.69, 9.17) is 0 Å². The molecular formula is C30H48O6. The largest absolute Gasteiger partial charge is 0.481 e. The van der Waals surface area contributed by atoms with E-state index in [-0.39, 0.29) is 52.6 Å². The highest BCUT2D eigenvalue weighted by Gasteiger charge is 2.71. The van der Waals surface area contributed by atoms with E-state index in [1.165, 1.54) is 5.57 Å². The van der Waals surface area contributed by atoms with Crippen molar-refractivity contribution in [1.29, 1.82) is 0 Å². The Morgan fingerprint density at radius 2 is 1.56 bits per heavy atom. The number of aliphatic hydroxyl groups is 4. The van der Waals surface area contributed by atoms with Crippen molar-refractivity contribution in [1.82, 2.24) is 0 Å². The molecule has 4 saturated carbocycles. The monoisotopic (exact) mass is 504 g/mol. The molecule has 0 aromatic rings. The zero-order valence-corrected chi connectivity index (χ0v) is 22.9. The molecule has 5 N–H and O–H groups in total. The third-order valence-corrected chi connectivity index (χ3v) is 13.2. The highest BCUT2D eigenvalue weighted by Crippen LogP contribution is 2.75. The van der Waals surface area contributed by atoms with Gasteiger partial charge in [-0.1, -0.05) is 46.3 Å². The second-order valence-electron chi connectivity index (χ2n) is 14.9. The molecule has 204 valence electrons. The third-order valence-electron chi connectivity index (χ3n) is 13.2. The number of aliphatic carboxylic acids is 1. The summed E-state index contributed by atoms with van der Waals surface area (Å²) in [5, 5.41) is 53.3. The van der Waals surface area contributed by atoms with Gasteiger partial charge in [-0.05, 0) is 97.2 Å². The summed E-state index contributed by atoms with van der Waals surface area (Å²) in [6.07, 6.45) is 7.36. The molecule has 0 aromatic carbocycles. The van der Waals surface area contributed by atoms with Gasteiger partial charge in [0.1, 0.15) is 0 Å². The van der Waals surface area contributed by atoms with E-state index in [1.807, 2.05) is 0 Å². The Bertz CT molecular complexity index is 953. The lowest BCUT2D eigenvalue weighted by atomic mass is 9.33. The average Bonchev–Trinajstić information content (AvgIpc) is 2.80. The summed E-state index contributed by atoms with van der Waals surface area (Å²) < 4.78 is 0. The van der Waals surface area contributed by atoms with Crippen LogP contribution in [0.15, 0.2) is 11.6 Å². The van der Waals surface area contributed by atoms with Gasteiger partial charge in [0.05, 0.1) is 30.8 Å². The lowest BCUT2D eigenvalue weighted by Gasteiger charge is -2.71. The quantitative estimate of drug-likeness (QED) is 0.369. The first-order valence-electron chi connectivity index (χ1n) is 14.2. The average molecular weight is 505 g/mol. The fourth-order valence-corrected chi connectivity index (χ4v) is 10.8. The van der Waals surface area contributed by atoms with Crippen LogP contribution in [-0.2, 0) is 4.79 Å². The van der Waals surface area contributed by atoms with Crippen molar-refractivity contribution < 1.29 is 30.3 Å². The first-order chi connectivity index (χ1) is 16.7. The number of hydrogen-bond donors (Lipinski definition) is 5. The van der Waals surface area contributed by atoms with Gasteiger partial charge in [-0.25, -0.2) is 0 Å². The van der Waals surface area contributed by atoms with E-state index in [0.29, 0.717) is 12.8 Å². The molecule has 0 aliphatic heterocycles. The molecule has 0 aromatic heterocycles. The van der Waals surface area contributed by atoms with Crippen molar-refractivity contribution in [3.05, 3.63) is 11.6 Å². The molecule has 5 aliphatic carbocycles. The van der Waals surface area contributed by atoms with Crippen LogP contribution in [-0.4, -0.2) is 56.9 Å². The van der Waals surface area contributed by atoms with Gasteiger partial charge < -0.3 is 25.5 Å². The maximum atomic E-state index is 12.8. The van der Waals surface area contributed by atoms with Crippen molar-refractivity contribution in [3.63, 3.8) is 0 Å². The molecule has 36 heavy (non-hydrogen) atoms. The standard InChI is InChI=1S/C30H48O6/c1-25(2)10-12-29(24(35)36)13-11-27(4)18(19(29)14-25)6-7-21-26(3)15-20(33)23(34)30(16-31,17-32)22(26)8-9-28(21,27)5/h6,19-23,31-34H,7-17H2,1-5H3,(H,35,36)/t19-,20-,21-,22?,23+,26-,27-,28-,29+/m1/s1. The summed E-state index contributed by atoms with van der Waals surface area (Å²) in [5.74, 6) is -0.459. The highest BCUT2D eigenvalue weighted by atomic mass is 16.4. The van der Waals surface area contributed by atoms with E-state index in [9.17, 15) is 30.3 Å². The van der Waals surface area contributed by atoms with Crippen molar-refractivity contribution in [2.45, 2.75) is 105 Å². The fraction of sp³-hybridized carbons (Fsp3) is 0.900. The number of rotatable bonds is 3. The van der Waals surface area contributed by atoms with E-state index in [2.05, 4.69) is 40.7 Å². The predicted octanol–water partition coefficient (Wildman–Crippen LogP) is 4.15. The minimum Gasteiger partial charge on any atom is -0.481 e. The molecule has 1 unspecified atom stereocenters. The lowest BCUT2D eigenvalue weighted by Crippen LogP contribution is -2.69. The second kappa shape index (κ2) is 8.03. The molecule has 9 atom stereocenters. The van der Waals surface area contributed by atoms with E-state index >= 15 is 0 Å². The van der Waals surface area contributed by atoms with Gasteiger partial charge >= 0.3 is 5.97 Å². The maximum absolute atomic E-state index is 12.8. The molecule has 0 bridgehead atoms. The fourth-order valence-electron chi connectivity index (χ4n) is 10.8. The molecule has 0 amide bonds. The van der Waals surface area contributed by atoms with Gasteiger partial charge in [-0.3, -0.25) is 4.79 Å². The van der Waals surface area contributed by atoms with Gasteiger partial charge in [-0.2, -0.15) is 0 Å². The van der Waals surface area contributed by atoms with Crippen LogP contribution >= 0.6 is 0 Å². The molecule has 6 heteroatoms. The van der Waals surface area contributed by atoms with Crippen LogP contribution in [0.4, 0.5) is 0 Å². The number of carbonyl (C=O) groups is 1. The van der Waals surface area contributed by atoms with Crippen LogP contribution in [0.1, 0.15) is 92.4 Å². The minimum atomic E-state index is -1.14. The van der Waals surface area contributed by atoms with Crippen molar-refractivity contribution >= 4 is 5.97 Å². The summed E-state index contributed by atoms with van der Waals surface area (Å²) in [6, 6.07) is 0. The molecule has 6 nitrogen and oxygen atoms in total. The minimum absolute atomic E-state index is 0.0496. The summed E-state index contributed by atoms with van der Waals surface area (Å²) >= 11 is 0. The highest BCUT2D eigenvalue weighted by molar-refractivity contribution is 5.76. The SMILES string of the molecule is CC1(C)CC[C@]2(C(=O)O)CC[C@]3(C)C(=CC[C@@H]4[C@@]5(C)C[C@@H](O)[C@H](O)C(CO)(CO)C5CC[C@]43C)[C@H]2C1. The zero-order valence-electron chi connectivity index (χ0n) is 22.9. The van der Waals surface area contributed by atoms with E-state index in [0.717, 1.165) is 44.9 Å². The number of aliphatic hydroxyl groups excluding tert-OH is 4. The Balaban J connectivity index is 1.61. The van der Waals surface area contributed by atoms with E-state index in [1.54, 1.807) is 0 Å². The smallest absolute Gasteiger partial charge is 0.310 e. The Morgan fingerprint density at radius 3 is 2.17 bits per heavy atom. The summed E-state index contributed by atoms with van der Waals surface area (Å²) in [5.41, 5.74) is -0.881. The first kappa shape index (κ1) is 26.6. The Kier molecular flexibility index (Phi) is 5.95. The predicted molar refractivity (Wildman–Crippen MR) is 137 cm³/mol. The molecule has 4 fully saturated rings. The van der Waals surface area contributed by atoms with Crippen LogP contribution in [0.5, 0.6) is 0 Å². The number of allylic oxidation sites excluding steroid dienone is 2. The van der Waals surface area contributed by atoms with Gasteiger partial charge in [0.25, 0.3) is 0 Å². The summed E-state index contributed by atoms with van der Waals surface area (Å²) in [6.45, 7) is 10.9. The Morgan fingerprint density at radius 1 is 0.917 bits per heavy atom. The molecule has 5 rings (SSSR count). The molecule has 0 heterocycles. The molecular weight excluding hydrogens is 456 g/mol. The summed E-state index contributed by atoms with van der Waals surface area (Å²) in [4.78, 5) is 12.8. The number of hydrogen-bond acceptors (Lipinski definition) is 5. The third kappa shape index (κ3) is 3.08. The second-order valence-corrected chi connectivity index (χ2v) is 14.9. The molecule has 0 spiro atoms. The van der Waals surface area contributed by atoms with Crippen LogP contribution in [0.2, 0.25) is 0 Å². The van der Waals surface area contributed by atoms with Crippen molar-refractivity contribution in [3.8, 4) is 0 Å². The van der Waals surface area contributed by atoms with Gasteiger partial charge in [0.15, 0.2) is 0 Å². The van der Waals surface area contributed by atoms with Crippen LogP contribution in [0.3, 0.4) is 0 Å². The van der Waals surface area contributed by atoms with Gasteiger partial charge in [0, 0.05) is 5.41 Å². The molecule has 0 radical (unpaired) electrons. The first-order valence-corrected chi connectivity index (χ1v) is 14.2. The number of carboxylic acids is 1.